The van der Waals surface area contributed by atoms with Gasteiger partial charge in [-0.2, -0.15) is 0 Å². The van der Waals surface area contributed by atoms with Crippen LogP contribution >= 0.6 is 0 Å². The highest BCUT2D eigenvalue weighted by Crippen LogP contribution is 2.63. The zero-order valence-electron chi connectivity index (χ0n) is 12.4. The van der Waals surface area contributed by atoms with Gasteiger partial charge < -0.3 is 14.4 Å². The first kappa shape index (κ1) is 12.0. The van der Waals surface area contributed by atoms with Gasteiger partial charge in [-0.15, -0.1) is 0 Å². The number of likely N-dealkylation sites (tertiary alicyclic amines) is 1. The predicted molar refractivity (Wildman–Crippen MR) is 76.9 cm³/mol. The van der Waals surface area contributed by atoms with Crippen molar-refractivity contribution in [2.45, 2.75) is 36.8 Å². The number of Topliss-reactive ketones (excluding diaryl/α,β-unsaturated/α-hetero) is 1. The molecule has 4 aliphatic rings. The lowest BCUT2D eigenvalue weighted by Crippen LogP contribution is -2.55. The molecule has 0 radical (unpaired) electrons. The standard InChI is InChI=1S/C17H19NO3/c1-18-8-17-10-4-5-12(19)16(17)21-15-13(20-2)6-3-9(14(15)17)7-11(10)18/h3,6,10-11,16H,4-5,7-8H2,1-2H3/t10?,11-,16?,17+/m1/s1. The summed E-state index contributed by atoms with van der Waals surface area (Å²) in [4.78, 5) is 15.0. The Labute approximate surface area is 124 Å². The Kier molecular flexibility index (Phi) is 2.07. The Bertz CT molecular complexity index is 670. The Morgan fingerprint density at radius 3 is 3.10 bits per heavy atom. The van der Waals surface area contributed by atoms with Crippen LogP contribution in [0.1, 0.15) is 24.0 Å². The molecule has 4 heteroatoms. The van der Waals surface area contributed by atoms with Crippen molar-refractivity contribution < 1.29 is 14.3 Å². The lowest BCUT2D eigenvalue weighted by atomic mass is 9.57. The molecule has 4 nitrogen and oxygen atoms in total. The van der Waals surface area contributed by atoms with Gasteiger partial charge in [-0.1, -0.05) is 6.07 Å². The smallest absolute Gasteiger partial charge is 0.174 e. The molecule has 2 aliphatic heterocycles. The van der Waals surface area contributed by atoms with Crippen molar-refractivity contribution in [1.82, 2.24) is 4.90 Å². The molecule has 1 aromatic rings. The monoisotopic (exact) mass is 285 g/mol. The third kappa shape index (κ3) is 1.17. The highest BCUT2D eigenvalue weighted by Gasteiger charge is 2.68. The lowest BCUT2D eigenvalue weighted by Gasteiger charge is -2.43. The molecule has 110 valence electrons. The van der Waals surface area contributed by atoms with Crippen LogP contribution in [0.15, 0.2) is 12.1 Å². The second kappa shape index (κ2) is 3.61. The molecule has 4 atom stereocenters. The molecule has 21 heavy (non-hydrogen) atoms. The number of methoxy groups -OCH3 is 1. The van der Waals surface area contributed by atoms with Crippen LogP contribution in [0.5, 0.6) is 11.5 Å². The van der Waals surface area contributed by atoms with E-state index in [-0.39, 0.29) is 17.3 Å². The van der Waals surface area contributed by atoms with E-state index in [1.54, 1.807) is 7.11 Å². The molecular formula is C17H19NO3. The summed E-state index contributed by atoms with van der Waals surface area (Å²) in [6.07, 6.45) is 2.44. The summed E-state index contributed by atoms with van der Waals surface area (Å²) in [6.45, 7) is 0.936. The normalized spacial score (nSPS) is 39.1. The lowest BCUT2D eigenvalue weighted by molar-refractivity contribution is -0.131. The van der Waals surface area contributed by atoms with E-state index in [0.29, 0.717) is 18.4 Å². The maximum atomic E-state index is 12.5. The number of hydrogen-bond donors (Lipinski definition) is 0. The van der Waals surface area contributed by atoms with Crippen LogP contribution in [0.2, 0.25) is 0 Å². The molecule has 2 bridgehead atoms. The molecule has 1 aromatic carbocycles. The molecule has 2 fully saturated rings. The van der Waals surface area contributed by atoms with Gasteiger partial charge in [-0.05, 0) is 37.4 Å². The predicted octanol–water partition coefficient (Wildman–Crippen LogP) is 1.54. The van der Waals surface area contributed by atoms with Crippen LogP contribution in [0.3, 0.4) is 0 Å². The summed E-state index contributed by atoms with van der Waals surface area (Å²) >= 11 is 0. The highest BCUT2D eigenvalue weighted by atomic mass is 16.5. The summed E-state index contributed by atoms with van der Waals surface area (Å²) < 4.78 is 11.7. The Morgan fingerprint density at radius 2 is 2.29 bits per heavy atom. The van der Waals surface area contributed by atoms with Crippen LogP contribution in [0.4, 0.5) is 0 Å². The van der Waals surface area contributed by atoms with Gasteiger partial charge in [0, 0.05) is 24.6 Å². The number of ether oxygens (including phenoxy) is 2. The van der Waals surface area contributed by atoms with E-state index in [4.69, 9.17) is 9.47 Å². The van der Waals surface area contributed by atoms with Crippen molar-refractivity contribution in [2.24, 2.45) is 5.92 Å². The average molecular weight is 285 g/mol. The molecule has 2 aliphatic carbocycles. The molecule has 2 heterocycles. The van der Waals surface area contributed by atoms with E-state index in [1.807, 2.05) is 6.07 Å². The number of likely N-dealkylation sites (N-methyl/N-ethyl adjacent to an activating group) is 1. The minimum Gasteiger partial charge on any atom is -0.493 e. The van der Waals surface area contributed by atoms with E-state index in [9.17, 15) is 4.79 Å². The number of benzene rings is 1. The molecule has 1 spiro atoms. The summed E-state index contributed by atoms with van der Waals surface area (Å²) in [7, 11) is 3.87. The zero-order valence-corrected chi connectivity index (χ0v) is 12.4. The maximum Gasteiger partial charge on any atom is 0.174 e. The third-order valence-electron chi connectivity index (χ3n) is 6.22. The van der Waals surface area contributed by atoms with Gasteiger partial charge in [0.25, 0.3) is 0 Å². The topological polar surface area (TPSA) is 38.8 Å². The molecule has 0 aromatic heterocycles. The quantitative estimate of drug-likeness (QED) is 0.784. The van der Waals surface area contributed by atoms with E-state index >= 15 is 0 Å². The fourth-order valence-corrected chi connectivity index (χ4v) is 5.51. The van der Waals surface area contributed by atoms with E-state index in [2.05, 4.69) is 18.0 Å². The van der Waals surface area contributed by atoms with Gasteiger partial charge in [-0.25, -0.2) is 0 Å². The van der Waals surface area contributed by atoms with Gasteiger partial charge in [0.2, 0.25) is 0 Å². The molecule has 1 saturated carbocycles. The Balaban J connectivity index is 1.83. The second-order valence-corrected chi connectivity index (χ2v) is 6.97. The van der Waals surface area contributed by atoms with Gasteiger partial charge in [0.1, 0.15) is 0 Å². The van der Waals surface area contributed by atoms with Crippen LogP contribution in [0, 0.1) is 5.92 Å². The summed E-state index contributed by atoms with van der Waals surface area (Å²) in [5, 5.41) is 0. The largest absolute Gasteiger partial charge is 0.493 e. The first-order chi connectivity index (χ1) is 10.2. The van der Waals surface area contributed by atoms with Crippen molar-refractivity contribution in [3.8, 4) is 11.5 Å². The summed E-state index contributed by atoms with van der Waals surface area (Å²) in [6, 6.07) is 4.72. The van der Waals surface area contributed by atoms with Crippen molar-refractivity contribution in [2.75, 3.05) is 20.7 Å². The van der Waals surface area contributed by atoms with Gasteiger partial charge >= 0.3 is 0 Å². The highest BCUT2D eigenvalue weighted by molar-refractivity contribution is 5.89. The van der Waals surface area contributed by atoms with Gasteiger partial charge in [0.15, 0.2) is 23.4 Å². The summed E-state index contributed by atoms with van der Waals surface area (Å²) in [5.41, 5.74) is 2.52. The number of carbonyl (C=O) groups is 1. The van der Waals surface area contributed by atoms with Crippen LogP contribution in [-0.2, 0) is 16.6 Å². The average Bonchev–Trinajstić information content (AvgIpc) is 2.92. The van der Waals surface area contributed by atoms with Crippen LogP contribution in [-0.4, -0.2) is 43.5 Å². The fourth-order valence-electron chi connectivity index (χ4n) is 5.51. The number of ketones is 1. The molecule has 5 rings (SSSR count). The van der Waals surface area contributed by atoms with Crippen molar-refractivity contribution in [1.29, 1.82) is 0 Å². The second-order valence-electron chi connectivity index (χ2n) is 6.97. The molecule has 0 N–H and O–H groups in total. The summed E-state index contributed by atoms with van der Waals surface area (Å²) in [5.74, 6) is 2.43. The van der Waals surface area contributed by atoms with Gasteiger partial charge in [-0.3, -0.25) is 4.79 Å². The maximum absolute atomic E-state index is 12.5. The number of carbonyl (C=O) groups excluding carboxylic acids is 1. The Hall–Kier alpha value is -1.55. The van der Waals surface area contributed by atoms with Crippen molar-refractivity contribution in [3.63, 3.8) is 0 Å². The Morgan fingerprint density at radius 1 is 1.43 bits per heavy atom. The SMILES string of the molecule is COc1ccc2c3c1OC1C(=O)CCC4[C@@H](C2)N(C)C[C@]314. The van der Waals surface area contributed by atoms with E-state index in [0.717, 1.165) is 30.9 Å². The van der Waals surface area contributed by atoms with Crippen LogP contribution < -0.4 is 9.47 Å². The molecule has 0 amide bonds. The fraction of sp³-hybridized carbons (Fsp3) is 0.588. The first-order valence-corrected chi connectivity index (χ1v) is 7.77. The first-order valence-electron chi connectivity index (χ1n) is 7.77. The third-order valence-corrected chi connectivity index (χ3v) is 6.22. The number of hydrogen-bond acceptors (Lipinski definition) is 4. The molecular weight excluding hydrogens is 266 g/mol. The van der Waals surface area contributed by atoms with Crippen LogP contribution in [0.25, 0.3) is 0 Å². The minimum absolute atomic E-state index is 0.119. The van der Waals surface area contributed by atoms with Crippen molar-refractivity contribution >= 4 is 5.78 Å². The molecule has 1 saturated heterocycles. The van der Waals surface area contributed by atoms with E-state index < -0.39 is 0 Å². The van der Waals surface area contributed by atoms with E-state index in [1.165, 1.54) is 11.1 Å². The number of nitrogens with zero attached hydrogens (tertiary/aromatic N) is 1. The molecule has 2 unspecified atom stereocenters. The number of rotatable bonds is 1. The zero-order chi connectivity index (χ0) is 14.4. The van der Waals surface area contributed by atoms with Gasteiger partial charge in [0.05, 0.1) is 12.5 Å². The minimum atomic E-state index is -0.297. The van der Waals surface area contributed by atoms with Crippen molar-refractivity contribution in [3.05, 3.63) is 23.3 Å².